The average Bonchev–Trinajstić information content (AvgIpc) is 2.93. The molecule has 1 saturated carbocycles. The Balaban J connectivity index is 2.45. The predicted molar refractivity (Wildman–Crippen MR) is 154 cm³/mol. The number of hydrogen-bond donors (Lipinski definition) is 8. The van der Waals surface area contributed by atoms with E-state index in [1.807, 2.05) is 0 Å². The number of carboxylic acids is 1. The minimum atomic E-state index is -5.29. The van der Waals surface area contributed by atoms with Crippen LogP contribution in [0.1, 0.15) is 103 Å². The largest absolute Gasteiger partial charge is 0.481 e. The van der Waals surface area contributed by atoms with Crippen LogP contribution in [0.3, 0.4) is 0 Å². The first kappa shape index (κ1) is 41.0. The Morgan fingerprint density at radius 3 is 1.50 bits per heavy atom. The Labute approximate surface area is 257 Å². The van der Waals surface area contributed by atoms with Crippen molar-refractivity contribution in [3.05, 3.63) is 0 Å². The van der Waals surface area contributed by atoms with Gasteiger partial charge >= 0.3 is 27.6 Å². The Hall–Kier alpha value is -1.00. The Morgan fingerprint density at radius 2 is 1.09 bits per heavy atom. The third-order valence-corrected chi connectivity index (χ3v) is 8.67. The molecule has 0 bridgehead atoms. The van der Waals surface area contributed by atoms with E-state index >= 15 is 0 Å². The van der Waals surface area contributed by atoms with Gasteiger partial charge in [-0.25, -0.2) is 9.13 Å². The van der Waals surface area contributed by atoms with Crippen molar-refractivity contribution in [1.82, 2.24) is 0 Å². The van der Waals surface area contributed by atoms with Gasteiger partial charge in [0, 0.05) is 6.42 Å². The monoisotopic (exact) mass is 680 g/mol. The second-order valence-electron chi connectivity index (χ2n) is 11.1. The number of phosphoric ester groups is 2. The van der Waals surface area contributed by atoms with Crippen molar-refractivity contribution in [3.63, 3.8) is 0 Å². The molecule has 0 aromatic carbocycles. The zero-order valence-corrected chi connectivity index (χ0v) is 26.9. The van der Waals surface area contributed by atoms with Gasteiger partial charge in [0.05, 0.1) is 13.0 Å². The summed E-state index contributed by atoms with van der Waals surface area (Å²) in [7, 11) is -10.6. The number of carboxylic acid groups (broad SMARTS) is 1. The summed E-state index contributed by atoms with van der Waals surface area (Å²) in [6.45, 7) is 1.27. The van der Waals surface area contributed by atoms with Crippen LogP contribution in [-0.2, 0) is 37.0 Å². The Morgan fingerprint density at radius 1 is 0.682 bits per heavy atom. The SMILES string of the molecule is CCCCCCCCCCCCCCCC(=O)O[C@@H](COP(=O)(O)OC1C(O)[C@H](O)C(OP(=O)(O)O)C(O)[C@@H]1O)CC(=O)O. The number of hydrogen-bond acceptors (Lipinski definition) is 12. The summed E-state index contributed by atoms with van der Waals surface area (Å²) in [6.07, 6.45) is -1.37. The number of unbranched alkanes of at least 4 members (excludes halogenated alkanes) is 12. The van der Waals surface area contributed by atoms with Crippen LogP contribution in [0.25, 0.3) is 0 Å². The number of rotatable bonds is 24. The molecule has 44 heavy (non-hydrogen) atoms. The van der Waals surface area contributed by atoms with Gasteiger partial charge < -0.3 is 44.9 Å². The van der Waals surface area contributed by atoms with Crippen LogP contribution in [0.4, 0.5) is 0 Å². The van der Waals surface area contributed by atoms with E-state index in [4.69, 9.17) is 24.2 Å². The van der Waals surface area contributed by atoms with E-state index in [9.17, 15) is 44.0 Å². The van der Waals surface area contributed by atoms with Crippen LogP contribution < -0.4 is 0 Å². The van der Waals surface area contributed by atoms with Gasteiger partial charge in [0.25, 0.3) is 0 Å². The lowest BCUT2D eigenvalue weighted by molar-refractivity contribution is -0.216. The molecule has 0 aromatic heterocycles. The highest BCUT2D eigenvalue weighted by atomic mass is 31.2. The zero-order valence-electron chi connectivity index (χ0n) is 25.1. The number of esters is 1. The molecule has 16 nitrogen and oxygen atoms in total. The van der Waals surface area contributed by atoms with Gasteiger partial charge in [0.1, 0.15) is 42.7 Å². The van der Waals surface area contributed by atoms with E-state index in [1.54, 1.807) is 0 Å². The molecule has 0 heterocycles. The molecule has 8 atom stereocenters. The Kier molecular flexibility index (Phi) is 19.6. The van der Waals surface area contributed by atoms with Crippen LogP contribution in [0, 0.1) is 0 Å². The van der Waals surface area contributed by atoms with Crippen LogP contribution in [0.5, 0.6) is 0 Å². The minimum Gasteiger partial charge on any atom is -0.481 e. The molecule has 0 aromatic rings. The first-order valence-electron chi connectivity index (χ1n) is 15.1. The van der Waals surface area contributed by atoms with Crippen molar-refractivity contribution in [3.8, 4) is 0 Å². The molecule has 1 fully saturated rings. The maximum atomic E-state index is 12.5. The van der Waals surface area contributed by atoms with E-state index in [0.29, 0.717) is 6.42 Å². The fourth-order valence-electron chi connectivity index (χ4n) is 4.81. The molecule has 1 rings (SSSR count). The lowest BCUT2D eigenvalue weighted by atomic mass is 9.85. The van der Waals surface area contributed by atoms with E-state index in [0.717, 1.165) is 25.7 Å². The summed E-state index contributed by atoms with van der Waals surface area (Å²) in [6, 6.07) is 0. The number of carbonyl (C=O) groups is 2. The number of aliphatic hydroxyl groups is 4. The standard InChI is InChI=1S/C26H50O16P2/c1-2-3-4-5-6-7-8-9-10-11-12-13-14-15-20(29)40-18(16-19(27)28)17-39-44(37,38)42-26-23(32)21(30)25(22(31)24(26)33)41-43(34,35)36/h18,21-26,30-33H,2-17H2,1H3,(H,27,28)(H,37,38)(H2,34,35,36)/t18-,21+,22?,23?,24+,25?,26?/m1/s1. The van der Waals surface area contributed by atoms with Crippen molar-refractivity contribution in [2.75, 3.05) is 6.61 Å². The van der Waals surface area contributed by atoms with E-state index in [1.165, 1.54) is 51.4 Å². The molecule has 5 unspecified atom stereocenters. The van der Waals surface area contributed by atoms with Gasteiger partial charge in [0.15, 0.2) is 0 Å². The van der Waals surface area contributed by atoms with Gasteiger partial charge in [-0.1, -0.05) is 84.0 Å². The fraction of sp³-hybridized carbons (Fsp3) is 0.923. The third kappa shape index (κ3) is 17.1. The summed E-state index contributed by atoms with van der Waals surface area (Å²) >= 11 is 0. The van der Waals surface area contributed by atoms with E-state index in [2.05, 4.69) is 16.0 Å². The second-order valence-corrected chi connectivity index (χ2v) is 13.7. The maximum absolute atomic E-state index is 12.5. The van der Waals surface area contributed by atoms with Crippen molar-refractivity contribution in [1.29, 1.82) is 0 Å². The third-order valence-electron chi connectivity index (χ3n) is 7.17. The van der Waals surface area contributed by atoms with Crippen LogP contribution in [-0.4, -0.2) is 101 Å². The summed E-state index contributed by atoms with van der Waals surface area (Å²) in [5, 5.41) is 49.6. The number of aliphatic hydroxyl groups excluding tert-OH is 4. The predicted octanol–water partition coefficient (Wildman–Crippen LogP) is 2.29. The second kappa shape index (κ2) is 21.0. The van der Waals surface area contributed by atoms with Crippen molar-refractivity contribution in [2.45, 2.75) is 146 Å². The summed E-state index contributed by atoms with van der Waals surface area (Å²) in [5.74, 6) is -2.14. The van der Waals surface area contributed by atoms with Crippen molar-refractivity contribution < 1.29 is 77.2 Å². The average molecular weight is 681 g/mol. The first-order valence-corrected chi connectivity index (χ1v) is 18.1. The molecule has 260 valence electrons. The quantitative estimate of drug-likeness (QED) is 0.0413. The maximum Gasteiger partial charge on any atom is 0.472 e. The number of ether oxygens (including phenoxy) is 1. The highest BCUT2D eigenvalue weighted by Crippen LogP contribution is 2.48. The van der Waals surface area contributed by atoms with E-state index < -0.39 is 83.3 Å². The van der Waals surface area contributed by atoms with E-state index in [-0.39, 0.29) is 6.42 Å². The molecular formula is C26H50O16P2. The van der Waals surface area contributed by atoms with Crippen molar-refractivity contribution in [2.24, 2.45) is 0 Å². The molecule has 0 aliphatic heterocycles. The molecule has 1 aliphatic rings. The first-order chi connectivity index (χ1) is 20.6. The lowest BCUT2D eigenvalue weighted by Gasteiger charge is -2.43. The number of carbonyl (C=O) groups excluding carboxylic acids is 1. The lowest BCUT2D eigenvalue weighted by Crippen LogP contribution is -2.64. The zero-order chi connectivity index (χ0) is 33.3. The van der Waals surface area contributed by atoms with Gasteiger partial charge in [-0.2, -0.15) is 0 Å². The molecule has 0 amide bonds. The fourth-order valence-corrected chi connectivity index (χ4v) is 6.35. The molecule has 0 saturated heterocycles. The molecule has 1 aliphatic carbocycles. The summed E-state index contributed by atoms with van der Waals surface area (Å²) in [5.41, 5.74) is 0. The van der Waals surface area contributed by atoms with Crippen LogP contribution >= 0.6 is 15.6 Å². The number of phosphoric acid groups is 2. The van der Waals surface area contributed by atoms with Crippen molar-refractivity contribution >= 4 is 27.6 Å². The smallest absolute Gasteiger partial charge is 0.472 e. The van der Waals surface area contributed by atoms with Gasteiger partial charge in [-0.15, -0.1) is 0 Å². The normalized spacial score (nSPS) is 26.2. The van der Waals surface area contributed by atoms with Gasteiger partial charge in [-0.3, -0.25) is 23.2 Å². The van der Waals surface area contributed by atoms with Gasteiger partial charge in [0.2, 0.25) is 0 Å². The summed E-state index contributed by atoms with van der Waals surface area (Å²) < 4.78 is 42.2. The molecule has 0 radical (unpaired) electrons. The topological polar surface area (TPSA) is 267 Å². The molecular weight excluding hydrogens is 630 g/mol. The van der Waals surface area contributed by atoms with Crippen LogP contribution in [0.2, 0.25) is 0 Å². The Bertz CT molecular complexity index is 914. The molecule has 8 N–H and O–H groups in total. The van der Waals surface area contributed by atoms with Gasteiger partial charge in [-0.05, 0) is 6.42 Å². The minimum absolute atomic E-state index is 0.00471. The summed E-state index contributed by atoms with van der Waals surface area (Å²) in [4.78, 5) is 51.3. The van der Waals surface area contributed by atoms with Crippen LogP contribution in [0.15, 0.2) is 0 Å². The molecule has 18 heteroatoms. The highest BCUT2D eigenvalue weighted by molar-refractivity contribution is 7.47. The number of aliphatic carboxylic acids is 1. The highest BCUT2D eigenvalue weighted by Gasteiger charge is 2.54. The molecule has 0 spiro atoms.